The SMILES string of the molecule is CC/C=C\C/C=C\C/C=C\CCCCCCCCC(=O)OC(COC(=O)CCCCCCC/C=C\CCCCC)COC(=O)CCCCCCCCCCCC/C=C\C=C/CCCCC. The summed E-state index contributed by atoms with van der Waals surface area (Å²) in [6, 6.07) is 0. The molecule has 0 aliphatic rings. The number of ether oxygens (including phenoxy) is 3. The Kier molecular flexibility index (Phi) is 50.9. The van der Waals surface area contributed by atoms with Gasteiger partial charge in [-0.15, -0.1) is 0 Å². The minimum Gasteiger partial charge on any atom is -0.462 e. The molecule has 0 aromatic heterocycles. The van der Waals surface area contributed by atoms with Crippen molar-refractivity contribution in [2.75, 3.05) is 13.2 Å². The molecule has 0 fully saturated rings. The van der Waals surface area contributed by atoms with E-state index in [0.29, 0.717) is 19.3 Å². The topological polar surface area (TPSA) is 78.9 Å². The maximum absolute atomic E-state index is 12.8. The lowest BCUT2D eigenvalue weighted by atomic mass is 10.1. The van der Waals surface area contributed by atoms with Gasteiger partial charge in [-0.05, 0) is 103 Å². The van der Waals surface area contributed by atoms with Crippen LogP contribution in [0.5, 0.6) is 0 Å². The minimum atomic E-state index is -0.786. The predicted octanol–water partition coefficient (Wildman–Crippen LogP) is 18.2. The second kappa shape index (κ2) is 53.5. The molecule has 1 atom stereocenters. The van der Waals surface area contributed by atoms with Gasteiger partial charge in [-0.3, -0.25) is 14.4 Å². The van der Waals surface area contributed by atoms with Crippen LogP contribution in [0.25, 0.3) is 0 Å². The lowest BCUT2D eigenvalue weighted by Gasteiger charge is -2.18. The highest BCUT2D eigenvalue weighted by Gasteiger charge is 2.19. The maximum atomic E-state index is 12.8. The number of allylic oxidation sites excluding steroid dienone is 12. The second-order valence-corrected chi connectivity index (χ2v) is 18.1. The molecule has 0 amide bonds. The highest BCUT2D eigenvalue weighted by atomic mass is 16.6. The minimum absolute atomic E-state index is 0.0849. The van der Waals surface area contributed by atoms with Crippen LogP contribution < -0.4 is 0 Å². The summed E-state index contributed by atoms with van der Waals surface area (Å²) in [5.41, 5.74) is 0. The molecule has 65 heavy (non-hydrogen) atoms. The number of rotatable bonds is 49. The lowest BCUT2D eigenvalue weighted by molar-refractivity contribution is -0.167. The fourth-order valence-corrected chi connectivity index (χ4v) is 7.56. The second-order valence-electron chi connectivity index (χ2n) is 18.1. The first-order valence-electron chi connectivity index (χ1n) is 27.5. The normalized spacial score (nSPS) is 12.6. The summed E-state index contributed by atoms with van der Waals surface area (Å²) >= 11 is 0. The average Bonchev–Trinajstić information content (AvgIpc) is 3.30. The van der Waals surface area contributed by atoms with Crippen molar-refractivity contribution in [1.29, 1.82) is 0 Å². The van der Waals surface area contributed by atoms with E-state index in [1.807, 2.05) is 0 Å². The number of esters is 3. The van der Waals surface area contributed by atoms with Gasteiger partial charge in [0.1, 0.15) is 13.2 Å². The summed E-state index contributed by atoms with van der Waals surface area (Å²) in [7, 11) is 0. The van der Waals surface area contributed by atoms with Gasteiger partial charge >= 0.3 is 17.9 Å². The lowest BCUT2D eigenvalue weighted by Crippen LogP contribution is -2.30. The summed E-state index contributed by atoms with van der Waals surface area (Å²) in [5.74, 6) is -0.906. The molecule has 374 valence electrons. The molecule has 0 saturated carbocycles. The molecular formula is C59H102O6. The van der Waals surface area contributed by atoms with Crippen LogP contribution in [-0.4, -0.2) is 37.2 Å². The zero-order valence-electron chi connectivity index (χ0n) is 42.7. The Balaban J connectivity index is 4.38. The average molecular weight is 907 g/mol. The Bertz CT molecular complexity index is 1230. The molecule has 0 aromatic carbocycles. The Labute approximate surface area is 402 Å². The first-order chi connectivity index (χ1) is 32.0. The predicted molar refractivity (Wildman–Crippen MR) is 279 cm³/mol. The standard InChI is InChI=1S/C59H102O6/c1-4-7-10-13-16-19-22-25-27-29-30-31-33-34-37-40-43-46-49-52-58(61)64-55-56(54-63-57(60)51-48-45-42-39-36-24-21-18-15-12-9-6-3)65-59(62)53-50-47-44-41-38-35-32-28-26-23-20-17-14-11-8-5-2/h8,11,16-22,25-26,28,56H,4-7,9-10,12-15,23-24,27,29-55H2,1-3H3/b11-8-,19-16-,20-17-,21-18-,25-22-,28-26-. The molecule has 1 unspecified atom stereocenters. The van der Waals surface area contributed by atoms with E-state index in [0.717, 1.165) is 96.3 Å². The zero-order valence-corrected chi connectivity index (χ0v) is 42.7. The molecule has 6 nitrogen and oxygen atoms in total. The van der Waals surface area contributed by atoms with Gasteiger partial charge in [-0.2, -0.15) is 0 Å². The third-order valence-electron chi connectivity index (χ3n) is 11.7. The highest BCUT2D eigenvalue weighted by molar-refractivity contribution is 5.71. The van der Waals surface area contributed by atoms with E-state index in [1.54, 1.807) is 0 Å². The summed E-state index contributed by atoms with van der Waals surface area (Å²) in [4.78, 5) is 38.1. The van der Waals surface area contributed by atoms with Crippen LogP contribution in [-0.2, 0) is 28.6 Å². The van der Waals surface area contributed by atoms with E-state index in [9.17, 15) is 14.4 Å². The van der Waals surface area contributed by atoms with Crippen molar-refractivity contribution < 1.29 is 28.6 Å². The molecule has 0 N–H and O–H groups in total. The molecule has 0 aliphatic carbocycles. The quantitative estimate of drug-likeness (QED) is 0.0199. The third-order valence-corrected chi connectivity index (χ3v) is 11.7. The van der Waals surface area contributed by atoms with Gasteiger partial charge in [0.05, 0.1) is 0 Å². The van der Waals surface area contributed by atoms with E-state index >= 15 is 0 Å². The molecule has 0 rings (SSSR count). The fraction of sp³-hybridized carbons (Fsp3) is 0.746. The fourth-order valence-electron chi connectivity index (χ4n) is 7.56. The van der Waals surface area contributed by atoms with E-state index < -0.39 is 6.10 Å². The van der Waals surface area contributed by atoms with Gasteiger partial charge in [0, 0.05) is 19.3 Å². The third kappa shape index (κ3) is 51.7. The zero-order chi connectivity index (χ0) is 47.2. The Morgan fingerprint density at radius 1 is 0.338 bits per heavy atom. The highest BCUT2D eigenvalue weighted by Crippen LogP contribution is 2.15. The van der Waals surface area contributed by atoms with E-state index in [-0.39, 0.29) is 31.1 Å². The molecule has 0 bridgehead atoms. The Morgan fingerprint density at radius 3 is 1.05 bits per heavy atom. The van der Waals surface area contributed by atoms with Gasteiger partial charge in [0.15, 0.2) is 6.10 Å². The van der Waals surface area contributed by atoms with Gasteiger partial charge in [0.2, 0.25) is 0 Å². The number of carbonyl (C=O) groups excluding carboxylic acids is 3. The monoisotopic (exact) mass is 907 g/mol. The molecular weight excluding hydrogens is 805 g/mol. The van der Waals surface area contributed by atoms with Crippen LogP contribution in [0.2, 0.25) is 0 Å². The molecule has 0 radical (unpaired) electrons. The molecule has 0 aromatic rings. The molecule has 0 spiro atoms. The molecule has 0 saturated heterocycles. The van der Waals surface area contributed by atoms with Gasteiger partial charge < -0.3 is 14.2 Å². The van der Waals surface area contributed by atoms with Crippen molar-refractivity contribution in [2.24, 2.45) is 0 Å². The maximum Gasteiger partial charge on any atom is 0.306 e. The summed E-state index contributed by atoms with van der Waals surface area (Å²) in [5, 5.41) is 0. The van der Waals surface area contributed by atoms with Crippen LogP contribution >= 0.6 is 0 Å². The van der Waals surface area contributed by atoms with Crippen molar-refractivity contribution in [3.63, 3.8) is 0 Å². The molecule has 0 aliphatic heterocycles. The summed E-state index contributed by atoms with van der Waals surface area (Å²) in [6.45, 7) is 6.47. The first kappa shape index (κ1) is 61.9. The van der Waals surface area contributed by atoms with E-state index in [1.165, 1.54) is 128 Å². The van der Waals surface area contributed by atoms with Crippen molar-refractivity contribution in [3.8, 4) is 0 Å². The van der Waals surface area contributed by atoms with Crippen LogP contribution in [0.3, 0.4) is 0 Å². The number of carbonyl (C=O) groups is 3. The number of hydrogen-bond donors (Lipinski definition) is 0. The van der Waals surface area contributed by atoms with E-state index in [2.05, 4.69) is 93.7 Å². The van der Waals surface area contributed by atoms with Crippen molar-refractivity contribution in [3.05, 3.63) is 72.9 Å². The van der Waals surface area contributed by atoms with Crippen LogP contribution in [0, 0.1) is 0 Å². The van der Waals surface area contributed by atoms with Crippen LogP contribution in [0.15, 0.2) is 72.9 Å². The first-order valence-corrected chi connectivity index (χ1v) is 27.5. The smallest absolute Gasteiger partial charge is 0.306 e. The Morgan fingerprint density at radius 2 is 0.646 bits per heavy atom. The Hall–Kier alpha value is -3.15. The van der Waals surface area contributed by atoms with Crippen molar-refractivity contribution in [1.82, 2.24) is 0 Å². The largest absolute Gasteiger partial charge is 0.462 e. The van der Waals surface area contributed by atoms with Gasteiger partial charge in [0.25, 0.3) is 0 Å². The molecule has 6 heteroatoms. The van der Waals surface area contributed by atoms with Crippen molar-refractivity contribution >= 4 is 17.9 Å². The summed E-state index contributed by atoms with van der Waals surface area (Å²) in [6.07, 6.45) is 67.4. The molecule has 0 heterocycles. The summed E-state index contributed by atoms with van der Waals surface area (Å²) < 4.78 is 16.8. The van der Waals surface area contributed by atoms with Crippen LogP contribution in [0.4, 0.5) is 0 Å². The van der Waals surface area contributed by atoms with Crippen molar-refractivity contribution in [2.45, 2.75) is 271 Å². The van der Waals surface area contributed by atoms with Gasteiger partial charge in [-0.1, -0.05) is 216 Å². The van der Waals surface area contributed by atoms with Crippen LogP contribution in [0.1, 0.15) is 265 Å². The van der Waals surface area contributed by atoms with Gasteiger partial charge in [-0.25, -0.2) is 0 Å². The van der Waals surface area contributed by atoms with E-state index in [4.69, 9.17) is 14.2 Å². The number of unbranched alkanes of at least 4 members (excludes halogenated alkanes) is 27. The number of hydrogen-bond acceptors (Lipinski definition) is 6.